The molecule has 0 aromatic heterocycles. The maximum atomic E-state index is 9.27. The fraction of sp³-hybridized carbons (Fsp3) is 0.263. The van der Waals surface area contributed by atoms with Crippen LogP contribution in [-0.2, 0) is 13.0 Å². The van der Waals surface area contributed by atoms with Crippen LogP contribution in [0, 0.1) is 0 Å². The zero-order valence-electron chi connectivity index (χ0n) is 11.5. The van der Waals surface area contributed by atoms with Gasteiger partial charge in [-0.2, -0.15) is 0 Å². The molecule has 0 spiro atoms. The van der Waals surface area contributed by atoms with Crippen molar-refractivity contribution in [3.63, 3.8) is 0 Å². The molecule has 2 aromatic carbocycles. The molecule has 1 nitrogen and oxygen atoms in total. The van der Waals surface area contributed by atoms with E-state index in [0.717, 1.165) is 12.0 Å². The molecule has 2 aliphatic carbocycles. The molecule has 2 aliphatic rings. The van der Waals surface area contributed by atoms with Crippen molar-refractivity contribution in [3.8, 4) is 0 Å². The molecule has 2 aromatic rings. The highest BCUT2D eigenvalue weighted by molar-refractivity contribution is 5.94. The third-order valence-electron chi connectivity index (χ3n) is 4.62. The van der Waals surface area contributed by atoms with Gasteiger partial charge in [0, 0.05) is 0 Å². The second-order valence-electron chi connectivity index (χ2n) is 5.76. The summed E-state index contributed by atoms with van der Waals surface area (Å²) in [5.74, 6) is 0. The van der Waals surface area contributed by atoms with Crippen molar-refractivity contribution in [2.45, 2.75) is 32.3 Å². The molecule has 0 saturated carbocycles. The van der Waals surface area contributed by atoms with Crippen molar-refractivity contribution in [2.24, 2.45) is 0 Å². The summed E-state index contributed by atoms with van der Waals surface area (Å²) < 4.78 is 0. The summed E-state index contributed by atoms with van der Waals surface area (Å²) in [5.41, 5.74) is 6.99. The van der Waals surface area contributed by atoms with Crippen LogP contribution in [0.1, 0.15) is 36.0 Å². The lowest BCUT2D eigenvalue weighted by atomic mass is 9.79. The summed E-state index contributed by atoms with van der Waals surface area (Å²) in [4.78, 5) is 0. The molecule has 0 radical (unpaired) electrons. The van der Waals surface area contributed by atoms with E-state index in [4.69, 9.17) is 0 Å². The van der Waals surface area contributed by atoms with Gasteiger partial charge < -0.3 is 5.11 Å². The number of rotatable bonds is 1. The summed E-state index contributed by atoms with van der Waals surface area (Å²) in [6, 6.07) is 10.8. The number of allylic oxidation sites excluding steroid dienone is 4. The molecule has 1 N–H and O–H groups in total. The minimum atomic E-state index is 0.116. The number of aliphatic hydroxyl groups is 1. The molecule has 0 saturated heterocycles. The van der Waals surface area contributed by atoms with Gasteiger partial charge in [0.05, 0.1) is 6.61 Å². The molecule has 0 heterocycles. The Balaban J connectivity index is 1.95. The average molecular weight is 262 g/mol. The largest absolute Gasteiger partial charge is 0.392 e. The lowest BCUT2D eigenvalue weighted by Crippen LogP contribution is -2.07. The number of fused-ring (bicyclic) bond motifs is 4. The second kappa shape index (κ2) is 4.60. The number of hydrogen-bond donors (Lipinski definition) is 1. The molecule has 20 heavy (non-hydrogen) atoms. The fourth-order valence-electron chi connectivity index (χ4n) is 3.59. The molecule has 100 valence electrons. The van der Waals surface area contributed by atoms with E-state index in [2.05, 4.69) is 36.4 Å². The second-order valence-corrected chi connectivity index (χ2v) is 5.76. The van der Waals surface area contributed by atoms with E-state index in [1.165, 1.54) is 46.7 Å². The third-order valence-corrected chi connectivity index (χ3v) is 4.62. The molecule has 0 bridgehead atoms. The van der Waals surface area contributed by atoms with E-state index in [9.17, 15) is 5.11 Å². The monoisotopic (exact) mass is 262 g/mol. The Labute approximate surface area is 119 Å². The molecule has 0 amide bonds. The van der Waals surface area contributed by atoms with Crippen LogP contribution in [0.15, 0.2) is 48.1 Å². The fourth-order valence-corrected chi connectivity index (χ4v) is 3.59. The van der Waals surface area contributed by atoms with Gasteiger partial charge in [0.25, 0.3) is 0 Å². The summed E-state index contributed by atoms with van der Waals surface area (Å²) in [6.45, 7) is 0.116. The maximum Gasteiger partial charge on any atom is 0.0682 e. The number of aryl methyl sites for hydroxylation is 1. The zero-order chi connectivity index (χ0) is 13.5. The van der Waals surface area contributed by atoms with Crippen molar-refractivity contribution in [1.82, 2.24) is 0 Å². The molecule has 0 fully saturated rings. The van der Waals surface area contributed by atoms with E-state index in [1.807, 2.05) is 6.07 Å². The van der Waals surface area contributed by atoms with Crippen LogP contribution in [0.3, 0.4) is 0 Å². The summed E-state index contributed by atoms with van der Waals surface area (Å²) in [7, 11) is 0. The first-order valence-electron chi connectivity index (χ1n) is 7.41. The Morgan fingerprint density at radius 2 is 1.95 bits per heavy atom. The van der Waals surface area contributed by atoms with Gasteiger partial charge in [0.2, 0.25) is 0 Å². The summed E-state index contributed by atoms with van der Waals surface area (Å²) in [6.07, 6.45) is 9.39. The minimum absolute atomic E-state index is 0.116. The van der Waals surface area contributed by atoms with E-state index in [1.54, 1.807) is 5.57 Å². The van der Waals surface area contributed by atoms with Crippen molar-refractivity contribution in [1.29, 1.82) is 0 Å². The Morgan fingerprint density at radius 3 is 2.85 bits per heavy atom. The Kier molecular flexibility index (Phi) is 2.75. The van der Waals surface area contributed by atoms with Crippen LogP contribution < -0.4 is 0 Å². The van der Waals surface area contributed by atoms with Crippen molar-refractivity contribution < 1.29 is 5.11 Å². The van der Waals surface area contributed by atoms with E-state index in [0.29, 0.717) is 0 Å². The predicted octanol–water partition coefficient (Wildman–Crippen LogP) is 4.38. The van der Waals surface area contributed by atoms with Gasteiger partial charge in [0.1, 0.15) is 0 Å². The first kappa shape index (κ1) is 11.9. The summed E-state index contributed by atoms with van der Waals surface area (Å²) in [5, 5.41) is 11.9. The standard InChI is InChI=1S/C19H18O/c20-12-13-5-8-17-15(11-13)7-10-18-16-4-2-1-3-14(16)6-9-19(17)18/h2,4-5,7-8,10-11,20H,1,3,6,9,12H2. The maximum absolute atomic E-state index is 9.27. The van der Waals surface area contributed by atoms with Gasteiger partial charge >= 0.3 is 0 Å². The van der Waals surface area contributed by atoms with Crippen LogP contribution in [0.2, 0.25) is 0 Å². The van der Waals surface area contributed by atoms with Gasteiger partial charge in [-0.3, -0.25) is 0 Å². The first-order valence-corrected chi connectivity index (χ1v) is 7.41. The van der Waals surface area contributed by atoms with Gasteiger partial charge in [-0.25, -0.2) is 0 Å². The SMILES string of the molecule is OCc1ccc2c3c(ccc2c1)C1=C(CCC=C1)CC3. The zero-order valence-corrected chi connectivity index (χ0v) is 11.5. The van der Waals surface area contributed by atoms with Crippen LogP contribution in [0.5, 0.6) is 0 Å². The molecular formula is C19H18O. The first-order chi connectivity index (χ1) is 9.86. The highest BCUT2D eigenvalue weighted by atomic mass is 16.3. The Morgan fingerprint density at radius 1 is 1.00 bits per heavy atom. The lowest BCUT2D eigenvalue weighted by Gasteiger charge is -2.25. The predicted molar refractivity (Wildman–Crippen MR) is 83.5 cm³/mol. The third kappa shape index (κ3) is 1.74. The smallest absolute Gasteiger partial charge is 0.0682 e. The lowest BCUT2D eigenvalue weighted by molar-refractivity contribution is 0.282. The topological polar surface area (TPSA) is 20.2 Å². The molecule has 0 unspecified atom stereocenters. The van der Waals surface area contributed by atoms with Crippen molar-refractivity contribution >= 4 is 16.3 Å². The van der Waals surface area contributed by atoms with Crippen molar-refractivity contribution in [2.75, 3.05) is 0 Å². The van der Waals surface area contributed by atoms with Gasteiger partial charge in [-0.05, 0) is 64.8 Å². The quantitative estimate of drug-likeness (QED) is 0.808. The molecule has 0 aliphatic heterocycles. The van der Waals surface area contributed by atoms with Crippen LogP contribution in [0.25, 0.3) is 16.3 Å². The number of benzene rings is 2. The highest BCUT2D eigenvalue weighted by Gasteiger charge is 2.20. The molecule has 1 heteroatoms. The Bertz CT molecular complexity index is 750. The van der Waals surface area contributed by atoms with E-state index >= 15 is 0 Å². The molecular weight excluding hydrogens is 244 g/mol. The van der Waals surface area contributed by atoms with Crippen LogP contribution >= 0.6 is 0 Å². The van der Waals surface area contributed by atoms with Gasteiger partial charge in [-0.1, -0.05) is 42.0 Å². The van der Waals surface area contributed by atoms with Crippen LogP contribution in [-0.4, -0.2) is 5.11 Å². The summed E-state index contributed by atoms with van der Waals surface area (Å²) >= 11 is 0. The molecule has 0 atom stereocenters. The van der Waals surface area contributed by atoms with E-state index < -0.39 is 0 Å². The minimum Gasteiger partial charge on any atom is -0.392 e. The van der Waals surface area contributed by atoms with Crippen molar-refractivity contribution in [3.05, 3.63) is 64.7 Å². The Hall–Kier alpha value is -1.86. The normalized spacial score (nSPS) is 17.2. The number of hydrogen-bond acceptors (Lipinski definition) is 1. The van der Waals surface area contributed by atoms with Crippen LogP contribution in [0.4, 0.5) is 0 Å². The molecule has 4 rings (SSSR count). The highest BCUT2D eigenvalue weighted by Crippen LogP contribution is 2.39. The average Bonchev–Trinajstić information content (AvgIpc) is 2.53. The van der Waals surface area contributed by atoms with Gasteiger partial charge in [0.15, 0.2) is 0 Å². The number of aliphatic hydroxyl groups excluding tert-OH is 1. The van der Waals surface area contributed by atoms with Gasteiger partial charge in [-0.15, -0.1) is 0 Å². The van der Waals surface area contributed by atoms with E-state index in [-0.39, 0.29) is 6.61 Å².